The molecule has 4 heterocycles. The highest BCUT2D eigenvalue weighted by Crippen LogP contribution is 2.40. The van der Waals surface area contributed by atoms with Crippen LogP contribution in [0.5, 0.6) is 0 Å². The smallest absolute Gasteiger partial charge is 0.141 e. The van der Waals surface area contributed by atoms with Crippen molar-refractivity contribution in [2.45, 2.75) is 31.3 Å². The lowest BCUT2D eigenvalue weighted by molar-refractivity contribution is 0.203. The predicted molar refractivity (Wildman–Crippen MR) is 204 cm³/mol. The summed E-state index contributed by atoms with van der Waals surface area (Å²) in [6.45, 7) is 0. The number of nitrogens with one attached hydrogen (secondary N) is 3. The molecule has 1 aliphatic heterocycles. The summed E-state index contributed by atoms with van der Waals surface area (Å²) >= 11 is 0. The molecule has 0 bridgehead atoms. The van der Waals surface area contributed by atoms with Gasteiger partial charge in [0.25, 0.3) is 0 Å². The summed E-state index contributed by atoms with van der Waals surface area (Å²) in [6.07, 6.45) is 5.85. The highest BCUT2D eigenvalue weighted by molar-refractivity contribution is 6.08. The predicted octanol–water partition coefficient (Wildman–Crippen LogP) is 11.0. The molecule has 3 unspecified atom stereocenters. The van der Waals surface area contributed by atoms with Crippen molar-refractivity contribution < 1.29 is 13.3 Å². The Labute approximate surface area is 293 Å². The largest absolute Gasteiger partial charge is 0.460 e. The zero-order valence-electron chi connectivity index (χ0n) is 27.7. The van der Waals surface area contributed by atoms with Crippen LogP contribution in [0.1, 0.15) is 52.9 Å². The molecule has 9 aromatic rings. The lowest BCUT2D eigenvalue weighted by Gasteiger charge is -2.39. The molecule has 246 valence electrons. The third kappa shape index (κ3) is 4.61. The summed E-state index contributed by atoms with van der Waals surface area (Å²) < 4.78 is 19.4. The molecule has 1 aliphatic carbocycles. The molecule has 0 radical (unpaired) electrons. The van der Waals surface area contributed by atoms with Crippen LogP contribution in [0, 0.1) is 0 Å². The van der Waals surface area contributed by atoms with E-state index in [0.717, 1.165) is 95.9 Å². The van der Waals surface area contributed by atoms with Crippen molar-refractivity contribution in [1.29, 1.82) is 0 Å². The summed E-state index contributed by atoms with van der Waals surface area (Å²) in [4.78, 5) is 0. The standard InChI is InChI=1S/C45H33N3O3/c1-2-10-26(11-3-1)43-46-44(33-16-8-14-31-29-12-4-7-19-38(29)50-41(31)33)48-45(47-43)34-17-9-15-32-36-25-28(21-23-40(36)51-42(32)34)27-20-22-39-35(24-27)30-13-5-6-18-37(30)49-39/h1-5,7-17,19-25,43-48H,6,18H2. The van der Waals surface area contributed by atoms with Gasteiger partial charge >= 0.3 is 0 Å². The topological polar surface area (TPSA) is 75.5 Å². The molecule has 6 aromatic carbocycles. The van der Waals surface area contributed by atoms with Crippen LogP contribution in [0.15, 0.2) is 147 Å². The number of fused-ring (bicyclic) bond motifs is 9. The first-order chi connectivity index (χ1) is 25.2. The maximum absolute atomic E-state index is 6.71. The summed E-state index contributed by atoms with van der Waals surface area (Å²) in [6, 6.07) is 44.7. The van der Waals surface area contributed by atoms with E-state index in [4.69, 9.17) is 13.3 Å². The van der Waals surface area contributed by atoms with Crippen LogP contribution in [0.25, 0.3) is 72.0 Å². The van der Waals surface area contributed by atoms with Gasteiger partial charge in [-0.3, -0.25) is 16.0 Å². The first-order valence-corrected chi connectivity index (χ1v) is 17.7. The maximum Gasteiger partial charge on any atom is 0.141 e. The molecule has 11 rings (SSSR count). The van der Waals surface area contributed by atoms with Crippen molar-refractivity contribution in [2.24, 2.45) is 0 Å². The number of hydrogen-bond acceptors (Lipinski definition) is 6. The third-order valence-electron chi connectivity index (χ3n) is 10.7. The van der Waals surface area contributed by atoms with Gasteiger partial charge in [0, 0.05) is 50.0 Å². The number of aryl methyl sites for hydroxylation is 1. The molecule has 51 heavy (non-hydrogen) atoms. The van der Waals surface area contributed by atoms with Crippen molar-refractivity contribution >= 4 is 60.9 Å². The van der Waals surface area contributed by atoms with Crippen LogP contribution in [0.3, 0.4) is 0 Å². The molecule has 3 atom stereocenters. The average molecular weight is 664 g/mol. The van der Waals surface area contributed by atoms with Crippen LogP contribution in [-0.4, -0.2) is 0 Å². The summed E-state index contributed by atoms with van der Waals surface area (Å²) in [7, 11) is 0. The zero-order chi connectivity index (χ0) is 33.5. The quantitative estimate of drug-likeness (QED) is 0.174. The Morgan fingerprint density at radius 3 is 1.80 bits per heavy atom. The van der Waals surface area contributed by atoms with Gasteiger partial charge in [-0.1, -0.05) is 109 Å². The molecule has 3 aromatic heterocycles. The number of para-hydroxylation sites is 3. The van der Waals surface area contributed by atoms with E-state index >= 15 is 0 Å². The second kappa shape index (κ2) is 11.3. The molecule has 6 heteroatoms. The van der Waals surface area contributed by atoms with E-state index < -0.39 is 0 Å². The molecule has 0 amide bonds. The van der Waals surface area contributed by atoms with E-state index in [9.17, 15) is 0 Å². The van der Waals surface area contributed by atoms with E-state index in [1.165, 1.54) is 10.9 Å². The normalized spacial score (nSPS) is 19.1. The molecule has 2 aliphatic rings. The summed E-state index contributed by atoms with van der Waals surface area (Å²) in [5.74, 6) is 1.08. The Morgan fingerprint density at radius 1 is 0.471 bits per heavy atom. The number of allylic oxidation sites excluding steroid dienone is 1. The number of benzene rings is 6. The van der Waals surface area contributed by atoms with E-state index in [2.05, 4.69) is 143 Å². The minimum Gasteiger partial charge on any atom is -0.460 e. The van der Waals surface area contributed by atoms with Crippen LogP contribution in [0.2, 0.25) is 0 Å². The van der Waals surface area contributed by atoms with Gasteiger partial charge < -0.3 is 13.3 Å². The van der Waals surface area contributed by atoms with Gasteiger partial charge in [-0.15, -0.1) is 0 Å². The highest BCUT2D eigenvalue weighted by atomic mass is 16.3. The van der Waals surface area contributed by atoms with E-state index in [-0.39, 0.29) is 18.5 Å². The number of hydrogen-bond donors (Lipinski definition) is 3. The van der Waals surface area contributed by atoms with Crippen molar-refractivity contribution in [3.63, 3.8) is 0 Å². The van der Waals surface area contributed by atoms with Gasteiger partial charge in [0.15, 0.2) is 0 Å². The van der Waals surface area contributed by atoms with Crippen molar-refractivity contribution in [2.75, 3.05) is 0 Å². The van der Waals surface area contributed by atoms with Crippen molar-refractivity contribution in [3.8, 4) is 11.1 Å². The maximum atomic E-state index is 6.71. The zero-order valence-corrected chi connectivity index (χ0v) is 27.7. The first-order valence-electron chi connectivity index (χ1n) is 17.7. The van der Waals surface area contributed by atoms with Gasteiger partial charge in [-0.25, -0.2) is 0 Å². The van der Waals surface area contributed by atoms with Crippen molar-refractivity contribution in [3.05, 3.63) is 161 Å². The van der Waals surface area contributed by atoms with Gasteiger partial charge in [0.05, 0.1) is 18.5 Å². The number of furan rings is 3. The fraction of sp³-hybridized carbons (Fsp3) is 0.111. The fourth-order valence-electron chi connectivity index (χ4n) is 8.20. The number of rotatable bonds is 4. The second-order valence-corrected chi connectivity index (χ2v) is 13.7. The Bertz CT molecular complexity index is 2820. The third-order valence-corrected chi connectivity index (χ3v) is 10.7. The molecule has 1 fully saturated rings. The van der Waals surface area contributed by atoms with Crippen LogP contribution < -0.4 is 16.0 Å². The highest BCUT2D eigenvalue weighted by Gasteiger charge is 2.33. The monoisotopic (exact) mass is 663 g/mol. The SMILES string of the molecule is C1=Cc2c(oc3ccc(-c4ccc5oc6c(C7NC(c8ccccc8)NC(c8cccc9c8oc8ccccc89)N7)cccc6c5c4)cc23)CC1. The fourth-order valence-corrected chi connectivity index (χ4v) is 8.20. The Morgan fingerprint density at radius 2 is 1.06 bits per heavy atom. The van der Waals surface area contributed by atoms with Crippen molar-refractivity contribution in [1.82, 2.24) is 16.0 Å². The summed E-state index contributed by atoms with van der Waals surface area (Å²) in [5, 5.41) is 17.1. The molecule has 1 saturated heterocycles. The minimum atomic E-state index is -0.229. The average Bonchev–Trinajstić information content (AvgIpc) is 3.89. The Kier molecular flexibility index (Phi) is 6.40. The van der Waals surface area contributed by atoms with Crippen LogP contribution in [0.4, 0.5) is 0 Å². The lowest BCUT2D eigenvalue weighted by atomic mass is 9.97. The van der Waals surface area contributed by atoms with Gasteiger partial charge in [-0.05, 0) is 53.4 Å². The summed E-state index contributed by atoms with van der Waals surface area (Å²) in [5.41, 5.74) is 11.2. The molecular weight excluding hydrogens is 631 g/mol. The Hall–Kier alpha value is -5.92. The van der Waals surface area contributed by atoms with Crippen LogP contribution >= 0.6 is 0 Å². The van der Waals surface area contributed by atoms with E-state index in [1.54, 1.807) is 0 Å². The molecular formula is C45H33N3O3. The van der Waals surface area contributed by atoms with Crippen LogP contribution in [-0.2, 0) is 6.42 Å². The van der Waals surface area contributed by atoms with Gasteiger partial charge in [0.2, 0.25) is 0 Å². The first kappa shape index (κ1) is 28.9. The van der Waals surface area contributed by atoms with E-state index in [0.29, 0.717) is 0 Å². The minimum absolute atomic E-state index is 0.133. The van der Waals surface area contributed by atoms with Gasteiger partial charge in [0.1, 0.15) is 33.7 Å². The molecule has 3 N–H and O–H groups in total. The Balaban J connectivity index is 1.01. The van der Waals surface area contributed by atoms with E-state index in [1.807, 2.05) is 12.1 Å². The molecule has 0 spiro atoms. The lowest BCUT2D eigenvalue weighted by Crippen LogP contribution is -2.54. The second-order valence-electron chi connectivity index (χ2n) is 13.7. The molecule has 0 saturated carbocycles. The molecule has 6 nitrogen and oxygen atoms in total. The van der Waals surface area contributed by atoms with Gasteiger partial charge in [-0.2, -0.15) is 0 Å².